The lowest BCUT2D eigenvalue weighted by atomic mass is 10.5. The topological polar surface area (TPSA) is 39.1 Å². The summed E-state index contributed by atoms with van der Waals surface area (Å²) < 4.78 is 6.86. The van der Waals surface area contributed by atoms with Gasteiger partial charge in [0.1, 0.15) is 5.82 Å². The van der Waals surface area contributed by atoms with Gasteiger partial charge in [0.05, 0.1) is 19.3 Å². The van der Waals surface area contributed by atoms with Crippen LogP contribution in [-0.2, 0) is 11.3 Å². The van der Waals surface area contributed by atoms with Crippen LogP contribution in [0.5, 0.6) is 0 Å². The molecule has 0 aromatic carbocycles. The van der Waals surface area contributed by atoms with Gasteiger partial charge in [-0.15, -0.1) is 0 Å². The molecule has 0 spiro atoms. The molecule has 4 heteroatoms. The minimum absolute atomic E-state index is 0.695. The molecular weight excluding hydrogens is 154 g/mol. The Labute approximate surface area is 72.5 Å². The molecule has 68 valence electrons. The summed E-state index contributed by atoms with van der Waals surface area (Å²) in [5, 5.41) is 7.36. The summed E-state index contributed by atoms with van der Waals surface area (Å²) in [6.45, 7) is 4.47. The number of hydrogen-bond donors (Lipinski definition) is 1. The van der Waals surface area contributed by atoms with Crippen molar-refractivity contribution in [3.8, 4) is 0 Å². The minimum Gasteiger partial charge on any atom is -0.383 e. The average molecular weight is 169 g/mol. The fraction of sp³-hybridized carbons (Fsp3) is 0.625. The third-order valence-electron chi connectivity index (χ3n) is 1.58. The first-order chi connectivity index (χ1) is 5.88. The zero-order valence-electron chi connectivity index (χ0n) is 7.58. The highest BCUT2D eigenvalue weighted by Crippen LogP contribution is 2.04. The monoisotopic (exact) mass is 169 g/mol. The summed E-state index contributed by atoms with van der Waals surface area (Å²) in [6, 6.07) is 1.96. The van der Waals surface area contributed by atoms with Crippen LogP contribution in [0.4, 0.5) is 5.82 Å². The van der Waals surface area contributed by atoms with E-state index in [1.807, 2.05) is 10.7 Å². The molecule has 1 heterocycles. The molecular formula is C8H15N3O. The second-order valence-electron chi connectivity index (χ2n) is 2.46. The SMILES string of the molecule is CCNc1ccnn1CCOC. The van der Waals surface area contributed by atoms with Crippen molar-refractivity contribution < 1.29 is 4.74 Å². The number of nitrogens with one attached hydrogen (secondary N) is 1. The standard InChI is InChI=1S/C8H15N3O/c1-3-9-8-4-5-10-11(8)6-7-12-2/h4-5,9H,3,6-7H2,1-2H3. The van der Waals surface area contributed by atoms with Crippen molar-refractivity contribution in [2.75, 3.05) is 25.6 Å². The van der Waals surface area contributed by atoms with Gasteiger partial charge >= 0.3 is 0 Å². The van der Waals surface area contributed by atoms with Crippen LogP contribution >= 0.6 is 0 Å². The molecule has 0 bridgehead atoms. The minimum atomic E-state index is 0.695. The zero-order chi connectivity index (χ0) is 8.81. The summed E-state index contributed by atoms with van der Waals surface area (Å²) in [7, 11) is 1.69. The molecule has 4 nitrogen and oxygen atoms in total. The summed E-state index contributed by atoms with van der Waals surface area (Å²) in [5.74, 6) is 1.05. The first-order valence-corrected chi connectivity index (χ1v) is 4.13. The summed E-state index contributed by atoms with van der Waals surface area (Å²) in [5.41, 5.74) is 0. The molecule has 1 aromatic rings. The lowest BCUT2D eigenvalue weighted by molar-refractivity contribution is 0.184. The Morgan fingerprint density at radius 3 is 3.17 bits per heavy atom. The lowest BCUT2D eigenvalue weighted by Gasteiger charge is -2.06. The number of methoxy groups -OCH3 is 1. The van der Waals surface area contributed by atoms with Crippen LogP contribution in [0.3, 0.4) is 0 Å². The van der Waals surface area contributed by atoms with E-state index in [-0.39, 0.29) is 0 Å². The molecule has 0 aliphatic heterocycles. The molecule has 0 radical (unpaired) electrons. The van der Waals surface area contributed by atoms with Gasteiger partial charge in [-0.2, -0.15) is 5.10 Å². The summed E-state index contributed by atoms with van der Waals surface area (Å²) >= 11 is 0. The number of hydrogen-bond acceptors (Lipinski definition) is 3. The Morgan fingerprint density at radius 2 is 2.50 bits per heavy atom. The molecule has 1 aromatic heterocycles. The summed E-state index contributed by atoms with van der Waals surface area (Å²) in [6.07, 6.45) is 1.79. The summed E-state index contributed by atoms with van der Waals surface area (Å²) in [4.78, 5) is 0. The van der Waals surface area contributed by atoms with Crippen molar-refractivity contribution in [2.24, 2.45) is 0 Å². The van der Waals surface area contributed by atoms with Crippen LogP contribution < -0.4 is 5.32 Å². The molecule has 0 unspecified atom stereocenters. The van der Waals surface area contributed by atoms with Gasteiger partial charge in [-0.25, -0.2) is 4.68 Å². The fourth-order valence-corrected chi connectivity index (χ4v) is 1.02. The first-order valence-electron chi connectivity index (χ1n) is 4.13. The Hall–Kier alpha value is -1.03. The van der Waals surface area contributed by atoms with Crippen molar-refractivity contribution >= 4 is 5.82 Å². The maximum atomic E-state index is 4.96. The number of aromatic nitrogens is 2. The third kappa shape index (κ3) is 2.23. The van der Waals surface area contributed by atoms with E-state index in [2.05, 4.69) is 17.3 Å². The van der Waals surface area contributed by atoms with Gasteiger partial charge < -0.3 is 10.1 Å². The largest absolute Gasteiger partial charge is 0.383 e. The molecule has 0 fully saturated rings. The van der Waals surface area contributed by atoms with Gasteiger partial charge in [0, 0.05) is 19.7 Å². The van der Waals surface area contributed by atoms with E-state index in [1.54, 1.807) is 13.3 Å². The second-order valence-corrected chi connectivity index (χ2v) is 2.46. The Kier molecular flexibility index (Phi) is 3.60. The molecule has 0 aliphatic rings. The maximum absolute atomic E-state index is 4.96. The molecule has 1 rings (SSSR count). The molecule has 0 amide bonds. The average Bonchev–Trinajstić information content (AvgIpc) is 2.50. The number of nitrogens with zero attached hydrogens (tertiary/aromatic N) is 2. The van der Waals surface area contributed by atoms with E-state index >= 15 is 0 Å². The van der Waals surface area contributed by atoms with E-state index in [4.69, 9.17) is 4.74 Å². The first kappa shape index (κ1) is 9.06. The highest BCUT2D eigenvalue weighted by Gasteiger charge is 1.98. The molecule has 12 heavy (non-hydrogen) atoms. The number of rotatable bonds is 5. The van der Waals surface area contributed by atoms with E-state index < -0.39 is 0 Å². The van der Waals surface area contributed by atoms with Crippen LogP contribution in [0.2, 0.25) is 0 Å². The van der Waals surface area contributed by atoms with E-state index in [0.29, 0.717) is 6.61 Å². The maximum Gasteiger partial charge on any atom is 0.124 e. The molecule has 0 saturated carbocycles. The van der Waals surface area contributed by atoms with Crippen molar-refractivity contribution in [1.29, 1.82) is 0 Å². The smallest absolute Gasteiger partial charge is 0.124 e. The lowest BCUT2D eigenvalue weighted by Crippen LogP contribution is -2.10. The van der Waals surface area contributed by atoms with Gasteiger partial charge in [0.15, 0.2) is 0 Å². The number of ether oxygens (including phenoxy) is 1. The molecule has 0 aliphatic carbocycles. The molecule has 1 N–H and O–H groups in total. The van der Waals surface area contributed by atoms with Crippen LogP contribution in [0, 0.1) is 0 Å². The van der Waals surface area contributed by atoms with Crippen molar-refractivity contribution in [3.63, 3.8) is 0 Å². The zero-order valence-corrected chi connectivity index (χ0v) is 7.58. The van der Waals surface area contributed by atoms with Crippen molar-refractivity contribution in [2.45, 2.75) is 13.5 Å². The van der Waals surface area contributed by atoms with Gasteiger partial charge in [-0.3, -0.25) is 0 Å². The van der Waals surface area contributed by atoms with Crippen molar-refractivity contribution in [1.82, 2.24) is 9.78 Å². The quantitative estimate of drug-likeness (QED) is 0.713. The van der Waals surface area contributed by atoms with E-state index in [9.17, 15) is 0 Å². The fourth-order valence-electron chi connectivity index (χ4n) is 1.02. The highest BCUT2D eigenvalue weighted by atomic mass is 16.5. The Bertz CT molecular complexity index is 222. The van der Waals surface area contributed by atoms with Crippen LogP contribution in [0.15, 0.2) is 12.3 Å². The van der Waals surface area contributed by atoms with Crippen LogP contribution in [0.25, 0.3) is 0 Å². The Balaban J connectivity index is 2.51. The second kappa shape index (κ2) is 4.77. The Morgan fingerprint density at radius 1 is 1.67 bits per heavy atom. The van der Waals surface area contributed by atoms with Crippen LogP contribution in [0.1, 0.15) is 6.92 Å². The van der Waals surface area contributed by atoms with Gasteiger partial charge in [0.2, 0.25) is 0 Å². The predicted molar refractivity (Wildman–Crippen MR) is 48.3 cm³/mol. The third-order valence-corrected chi connectivity index (χ3v) is 1.58. The van der Waals surface area contributed by atoms with E-state index in [1.165, 1.54) is 0 Å². The van der Waals surface area contributed by atoms with Crippen molar-refractivity contribution in [3.05, 3.63) is 12.3 Å². The number of anilines is 1. The normalized spacial score (nSPS) is 10.2. The van der Waals surface area contributed by atoms with Gasteiger partial charge in [-0.1, -0.05) is 0 Å². The van der Waals surface area contributed by atoms with Crippen LogP contribution in [-0.4, -0.2) is 30.0 Å². The van der Waals surface area contributed by atoms with E-state index in [0.717, 1.165) is 18.9 Å². The highest BCUT2D eigenvalue weighted by molar-refractivity contribution is 5.33. The van der Waals surface area contributed by atoms with Gasteiger partial charge in [0.25, 0.3) is 0 Å². The molecule has 0 saturated heterocycles. The van der Waals surface area contributed by atoms with Gasteiger partial charge in [-0.05, 0) is 6.92 Å². The molecule has 0 atom stereocenters. The predicted octanol–water partition coefficient (Wildman–Crippen LogP) is 0.961.